The second-order valence-corrected chi connectivity index (χ2v) is 6.55. The van der Waals surface area contributed by atoms with Gasteiger partial charge in [0.25, 0.3) is 0 Å². The Bertz CT molecular complexity index is 467. The van der Waals surface area contributed by atoms with Crippen molar-refractivity contribution in [2.45, 2.75) is 57.8 Å². The molecule has 0 aromatic carbocycles. The van der Waals surface area contributed by atoms with E-state index >= 15 is 0 Å². The summed E-state index contributed by atoms with van der Waals surface area (Å²) in [5, 5.41) is 8.87. The number of aromatic nitrogens is 3. The number of nitrogens with zero attached hydrogens (tertiary/aromatic N) is 3. The number of hydrogen-bond acceptors (Lipinski definition) is 5. The maximum absolute atomic E-state index is 5.98. The lowest BCUT2D eigenvalue weighted by Crippen LogP contribution is -2.41. The van der Waals surface area contributed by atoms with Gasteiger partial charge in [0.2, 0.25) is 0 Å². The largest absolute Gasteiger partial charge is 0.518 e. The summed E-state index contributed by atoms with van der Waals surface area (Å²) in [5.74, 6) is 0. The van der Waals surface area contributed by atoms with E-state index in [0.29, 0.717) is 6.61 Å². The van der Waals surface area contributed by atoms with Crippen molar-refractivity contribution >= 4 is 12.7 Å². The molecule has 0 amide bonds. The van der Waals surface area contributed by atoms with E-state index < -0.39 is 7.12 Å². The third-order valence-corrected chi connectivity index (χ3v) is 4.48. The summed E-state index contributed by atoms with van der Waals surface area (Å²) in [6.07, 6.45) is 3.84. The Morgan fingerprint density at radius 3 is 2.55 bits per heavy atom. The molecule has 1 aromatic heterocycles. The fraction of sp³-hybridized carbons (Fsp3) is 0.846. The van der Waals surface area contributed by atoms with Crippen molar-refractivity contribution < 1.29 is 14.0 Å². The van der Waals surface area contributed by atoms with Gasteiger partial charge in [0.1, 0.15) is 5.59 Å². The third kappa shape index (κ3) is 2.38. The standard InChI is InChI=1S/C13H22BN3O3/c1-12(2)13(3,4)20-14(19-12)11-8-15-17(16-11)10-6-5-7-18-9-10/h8,10H,5-7,9H2,1-4H3. The fourth-order valence-electron chi connectivity index (χ4n) is 2.44. The first-order valence-corrected chi connectivity index (χ1v) is 7.24. The molecule has 0 radical (unpaired) electrons. The van der Waals surface area contributed by atoms with E-state index in [0.717, 1.165) is 25.0 Å². The van der Waals surface area contributed by atoms with Crippen molar-refractivity contribution in [3.05, 3.63) is 6.20 Å². The molecule has 20 heavy (non-hydrogen) atoms. The Morgan fingerprint density at radius 2 is 1.95 bits per heavy atom. The Morgan fingerprint density at radius 1 is 1.25 bits per heavy atom. The van der Waals surface area contributed by atoms with Crippen molar-refractivity contribution in [1.29, 1.82) is 0 Å². The molecule has 2 aliphatic heterocycles. The van der Waals surface area contributed by atoms with Crippen LogP contribution in [0.3, 0.4) is 0 Å². The van der Waals surface area contributed by atoms with E-state index in [1.807, 2.05) is 27.7 Å². The van der Waals surface area contributed by atoms with Crippen molar-refractivity contribution in [3.8, 4) is 0 Å². The Kier molecular flexibility index (Phi) is 3.39. The summed E-state index contributed by atoms with van der Waals surface area (Å²) in [4.78, 5) is 1.74. The van der Waals surface area contributed by atoms with Crippen LogP contribution in [0.15, 0.2) is 6.20 Å². The maximum atomic E-state index is 5.98. The lowest BCUT2D eigenvalue weighted by Gasteiger charge is -2.32. The summed E-state index contributed by atoms with van der Waals surface area (Å²) in [6.45, 7) is 9.65. The minimum absolute atomic E-state index is 0.222. The molecule has 0 saturated carbocycles. The first kappa shape index (κ1) is 14.0. The smallest absolute Gasteiger partial charge is 0.398 e. The minimum Gasteiger partial charge on any atom is -0.398 e. The molecule has 1 aromatic rings. The molecule has 2 aliphatic rings. The van der Waals surface area contributed by atoms with E-state index in [1.54, 1.807) is 11.0 Å². The van der Waals surface area contributed by atoms with Gasteiger partial charge in [0.15, 0.2) is 0 Å². The van der Waals surface area contributed by atoms with Gasteiger partial charge in [-0.15, -0.1) is 0 Å². The Hall–Kier alpha value is -0.915. The zero-order chi connectivity index (χ0) is 14.4. The monoisotopic (exact) mass is 279 g/mol. The first-order chi connectivity index (χ1) is 9.39. The highest BCUT2D eigenvalue weighted by Gasteiger charge is 2.52. The molecule has 3 rings (SSSR count). The van der Waals surface area contributed by atoms with Crippen LogP contribution in [0.5, 0.6) is 0 Å². The van der Waals surface area contributed by atoms with Crippen LogP contribution in [0.4, 0.5) is 0 Å². The van der Waals surface area contributed by atoms with Gasteiger partial charge >= 0.3 is 7.12 Å². The molecule has 6 nitrogen and oxygen atoms in total. The van der Waals surface area contributed by atoms with Gasteiger partial charge in [0, 0.05) is 6.61 Å². The van der Waals surface area contributed by atoms with Crippen LogP contribution in [0.25, 0.3) is 0 Å². The van der Waals surface area contributed by atoms with Crippen LogP contribution < -0.4 is 5.59 Å². The molecular formula is C13H22BN3O3. The van der Waals surface area contributed by atoms with E-state index in [2.05, 4.69) is 10.2 Å². The van der Waals surface area contributed by atoms with Gasteiger partial charge < -0.3 is 14.0 Å². The highest BCUT2D eigenvalue weighted by Crippen LogP contribution is 2.36. The van der Waals surface area contributed by atoms with Crippen LogP contribution in [-0.4, -0.2) is 46.5 Å². The molecule has 2 fully saturated rings. The van der Waals surface area contributed by atoms with Crippen LogP contribution in [0.2, 0.25) is 0 Å². The van der Waals surface area contributed by atoms with Crippen LogP contribution in [0, 0.1) is 0 Å². The second kappa shape index (κ2) is 4.82. The van der Waals surface area contributed by atoms with Gasteiger partial charge in [-0.2, -0.15) is 15.0 Å². The zero-order valence-corrected chi connectivity index (χ0v) is 12.6. The lowest BCUT2D eigenvalue weighted by molar-refractivity contribution is 0.00578. The normalized spacial score (nSPS) is 28.8. The molecule has 0 N–H and O–H groups in total. The number of rotatable bonds is 2. The SMILES string of the molecule is CC1(C)OB(c2cnn(C3CCCOC3)n2)OC1(C)C. The number of hydrogen-bond donors (Lipinski definition) is 0. The Labute approximate surface area is 119 Å². The molecular weight excluding hydrogens is 257 g/mol. The van der Waals surface area contributed by atoms with E-state index in [9.17, 15) is 0 Å². The summed E-state index contributed by atoms with van der Waals surface area (Å²) >= 11 is 0. The van der Waals surface area contributed by atoms with Crippen LogP contribution in [-0.2, 0) is 14.0 Å². The highest BCUT2D eigenvalue weighted by molar-refractivity contribution is 6.61. The second-order valence-electron chi connectivity index (χ2n) is 6.55. The van der Waals surface area contributed by atoms with Crippen LogP contribution in [0.1, 0.15) is 46.6 Å². The zero-order valence-electron chi connectivity index (χ0n) is 12.6. The van der Waals surface area contributed by atoms with Gasteiger partial charge in [-0.3, -0.25) is 0 Å². The van der Waals surface area contributed by atoms with Gasteiger partial charge in [0.05, 0.1) is 30.0 Å². The van der Waals surface area contributed by atoms with Crippen molar-refractivity contribution in [2.24, 2.45) is 0 Å². The van der Waals surface area contributed by atoms with Crippen molar-refractivity contribution in [3.63, 3.8) is 0 Å². The fourth-order valence-corrected chi connectivity index (χ4v) is 2.44. The maximum Gasteiger partial charge on any atom is 0.518 e. The van der Waals surface area contributed by atoms with E-state index in [4.69, 9.17) is 14.0 Å². The molecule has 0 bridgehead atoms. The van der Waals surface area contributed by atoms with Gasteiger partial charge in [-0.1, -0.05) is 0 Å². The third-order valence-electron chi connectivity index (χ3n) is 4.48. The highest BCUT2D eigenvalue weighted by atomic mass is 16.7. The molecule has 1 unspecified atom stereocenters. The molecule has 1 atom stereocenters. The molecule has 0 spiro atoms. The predicted molar refractivity (Wildman–Crippen MR) is 74.8 cm³/mol. The summed E-state index contributed by atoms with van der Waals surface area (Å²) in [7, 11) is -0.446. The Balaban J connectivity index is 1.74. The average Bonchev–Trinajstić information content (AvgIpc) is 2.94. The summed E-state index contributed by atoms with van der Waals surface area (Å²) in [5.41, 5.74) is 0.0272. The van der Waals surface area contributed by atoms with E-state index in [1.165, 1.54) is 0 Å². The van der Waals surface area contributed by atoms with Crippen LogP contribution >= 0.6 is 0 Å². The molecule has 0 aliphatic carbocycles. The van der Waals surface area contributed by atoms with Gasteiger partial charge in [-0.05, 0) is 40.5 Å². The topological polar surface area (TPSA) is 58.4 Å². The lowest BCUT2D eigenvalue weighted by atomic mass is 9.86. The van der Waals surface area contributed by atoms with Crippen molar-refractivity contribution in [2.75, 3.05) is 13.2 Å². The first-order valence-electron chi connectivity index (χ1n) is 7.24. The predicted octanol–water partition coefficient (Wildman–Crippen LogP) is 0.929. The molecule has 110 valence electrons. The van der Waals surface area contributed by atoms with E-state index in [-0.39, 0.29) is 17.2 Å². The molecule has 3 heterocycles. The van der Waals surface area contributed by atoms with Gasteiger partial charge in [-0.25, -0.2) is 0 Å². The van der Waals surface area contributed by atoms with Crippen molar-refractivity contribution in [1.82, 2.24) is 15.0 Å². The molecule has 2 saturated heterocycles. The quantitative estimate of drug-likeness (QED) is 0.754. The summed E-state index contributed by atoms with van der Waals surface area (Å²) in [6, 6.07) is 0.222. The summed E-state index contributed by atoms with van der Waals surface area (Å²) < 4.78 is 17.4. The molecule has 7 heteroatoms. The minimum atomic E-state index is -0.446. The number of ether oxygens (including phenoxy) is 1. The average molecular weight is 279 g/mol.